The fraction of sp³-hybridized carbons (Fsp3) is 0.636. The fourth-order valence-corrected chi connectivity index (χ4v) is 2.35. The summed E-state index contributed by atoms with van der Waals surface area (Å²) in [6.45, 7) is 3.13. The monoisotopic (exact) mass is 238 g/mol. The Kier molecular flexibility index (Phi) is 2.92. The van der Waals surface area contributed by atoms with Gasteiger partial charge in [0.2, 0.25) is 0 Å². The molecule has 1 fully saturated rings. The Bertz CT molecular complexity index is 431. The van der Waals surface area contributed by atoms with Crippen LogP contribution in [0.25, 0.3) is 0 Å². The van der Waals surface area contributed by atoms with Crippen molar-refractivity contribution >= 4 is 5.97 Å². The van der Waals surface area contributed by atoms with Crippen LogP contribution in [0.15, 0.2) is 12.3 Å². The summed E-state index contributed by atoms with van der Waals surface area (Å²) >= 11 is 0. The molecule has 0 saturated carbocycles. The molecule has 6 nitrogen and oxygen atoms in total. The van der Waals surface area contributed by atoms with Gasteiger partial charge in [-0.2, -0.15) is 5.10 Å². The first-order valence-electron chi connectivity index (χ1n) is 5.68. The average molecular weight is 238 g/mol. The lowest BCUT2D eigenvalue weighted by Crippen LogP contribution is -2.50. The van der Waals surface area contributed by atoms with Crippen LogP contribution in [0.5, 0.6) is 0 Å². The Balaban J connectivity index is 2.12. The van der Waals surface area contributed by atoms with Crippen molar-refractivity contribution in [3.8, 4) is 0 Å². The molecule has 1 aromatic heterocycles. The Labute approximate surface area is 100 Å². The zero-order chi connectivity index (χ0) is 12.6. The molecular formula is C11H18N4O2. The van der Waals surface area contributed by atoms with Crippen molar-refractivity contribution < 1.29 is 9.90 Å². The molecule has 2 atom stereocenters. The zero-order valence-corrected chi connectivity index (χ0v) is 10.1. The Morgan fingerprint density at radius 1 is 1.71 bits per heavy atom. The summed E-state index contributed by atoms with van der Waals surface area (Å²) in [5.41, 5.74) is 5.82. The number of aliphatic carboxylic acids is 1. The van der Waals surface area contributed by atoms with E-state index in [9.17, 15) is 4.79 Å². The predicted octanol–water partition coefficient (Wildman–Crippen LogP) is -0.0311. The normalized spacial score (nSPS) is 27.2. The molecule has 1 aromatic rings. The number of carbonyl (C=O) groups is 1. The number of rotatable bonds is 3. The van der Waals surface area contributed by atoms with Crippen molar-refractivity contribution in [2.24, 2.45) is 12.8 Å². The number of hydrogen-bond acceptors (Lipinski definition) is 4. The summed E-state index contributed by atoms with van der Waals surface area (Å²) in [7, 11) is 1.88. The van der Waals surface area contributed by atoms with Gasteiger partial charge in [0.15, 0.2) is 0 Å². The lowest BCUT2D eigenvalue weighted by Gasteiger charge is -2.25. The summed E-state index contributed by atoms with van der Waals surface area (Å²) in [6.07, 6.45) is 2.24. The molecule has 0 bridgehead atoms. The third-order valence-electron chi connectivity index (χ3n) is 3.59. The first-order valence-corrected chi connectivity index (χ1v) is 5.68. The van der Waals surface area contributed by atoms with Gasteiger partial charge in [-0.15, -0.1) is 0 Å². The molecule has 3 N–H and O–H groups in total. The highest BCUT2D eigenvalue weighted by Crippen LogP contribution is 2.28. The van der Waals surface area contributed by atoms with Crippen molar-refractivity contribution in [2.75, 3.05) is 13.1 Å². The van der Waals surface area contributed by atoms with E-state index in [1.54, 1.807) is 6.20 Å². The molecule has 94 valence electrons. The molecule has 6 heteroatoms. The van der Waals surface area contributed by atoms with Crippen LogP contribution in [-0.2, 0) is 11.8 Å². The second-order valence-corrected chi connectivity index (χ2v) is 4.74. The van der Waals surface area contributed by atoms with Crippen LogP contribution in [0.1, 0.15) is 25.1 Å². The minimum absolute atomic E-state index is 0.132. The van der Waals surface area contributed by atoms with Gasteiger partial charge in [-0.05, 0) is 19.4 Å². The highest BCUT2D eigenvalue weighted by molar-refractivity contribution is 5.79. The van der Waals surface area contributed by atoms with Crippen molar-refractivity contribution in [2.45, 2.75) is 24.9 Å². The highest BCUT2D eigenvalue weighted by Gasteiger charge is 2.42. The molecule has 1 aliphatic heterocycles. The van der Waals surface area contributed by atoms with Gasteiger partial charge < -0.3 is 10.8 Å². The van der Waals surface area contributed by atoms with Gasteiger partial charge >= 0.3 is 5.97 Å². The van der Waals surface area contributed by atoms with Gasteiger partial charge in [0.25, 0.3) is 0 Å². The van der Waals surface area contributed by atoms with Gasteiger partial charge in [-0.25, -0.2) is 0 Å². The van der Waals surface area contributed by atoms with E-state index in [0.717, 1.165) is 5.69 Å². The Hall–Kier alpha value is -1.40. The lowest BCUT2D eigenvalue weighted by atomic mass is 10.0. The lowest BCUT2D eigenvalue weighted by molar-refractivity contribution is -0.142. The summed E-state index contributed by atoms with van der Waals surface area (Å²) in [6, 6.07) is 2.08. The standard InChI is InChI=1S/C11H18N4O2/c1-8(9-3-5-13-14(9)2)15-6-4-11(12,7-15)10(16)17/h3,5,8H,4,6-7,12H2,1-2H3,(H,16,17). The number of likely N-dealkylation sites (tertiary alicyclic amines) is 1. The van der Waals surface area contributed by atoms with Crippen LogP contribution < -0.4 is 5.73 Å². The van der Waals surface area contributed by atoms with E-state index in [0.29, 0.717) is 19.5 Å². The second-order valence-electron chi connectivity index (χ2n) is 4.74. The van der Waals surface area contributed by atoms with E-state index in [4.69, 9.17) is 10.8 Å². The maximum absolute atomic E-state index is 11.1. The molecule has 2 unspecified atom stereocenters. The van der Waals surface area contributed by atoms with Crippen LogP contribution >= 0.6 is 0 Å². The molecule has 0 amide bonds. The highest BCUT2D eigenvalue weighted by atomic mass is 16.4. The number of aryl methyl sites for hydroxylation is 1. The zero-order valence-electron chi connectivity index (χ0n) is 10.1. The predicted molar refractivity (Wildman–Crippen MR) is 62.4 cm³/mol. The van der Waals surface area contributed by atoms with E-state index in [2.05, 4.69) is 10.00 Å². The van der Waals surface area contributed by atoms with E-state index < -0.39 is 11.5 Å². The number of nitrogens with zero attached hydrogens (tertiary/aromatic N) is 3. The van der Waals surface area contributed by atoms with E-state index in [1.807, 2.05) is 24.7 Å². The molecule has 0 spiro atoms. The first-order chi connectivity index (χ1) is 7.94. The topological polar surface area (TPSA) is 84.4 Å². The molecular weight excluding hydrogens is 220 g/mol. The molecule has 0 aromatic carbocycles. The molecule has 1 saturated heterocycles. The second kappa shape index (κ2) is 4.12. The van der Waals surface area contributed by atoms with Crippen molar-refractivity contribution in [3.63, 3.8) is 0 Å². The van der Waals surface area contributed by atoms with Crippen molar-refractivity contribution in [1.29, 1.82) is 0 Å². The van der Waals surface area contributed by atoms with Gasteiger partial charge in [-0.3, -0.25) is 14.4 Å². The molecule has 2 heterocycles. The van der Waals surface area contributed by atoms with Gasteiger partial charge in [0, 0.05) is 32.4 Å². The maximum Gasteiger partial charge on any atom is 0.325 e. The van der Waals surface area contributed by atoms with E-state index in [1.165, 1.54) is 0 Å². The Morgan fingerprint density at radius 2 is 2.41 bits per heavy atom. The number of nitrogens with two attached hydrogens (primary N) is 1. The van der Waals surface area contributed by atoms with Gasteiger partial charge in [-0.1, -0.05) is 0 Å². The van der Waals surface area contributed by atoms with Gasteiger partial charge in [0.1, 0.15) is 5.54 Å². The average Bonchev–Trinajstić information content (AvgIpc) is 2.85. The largest absolute Gasteiger partial charge is 0.480 e. The third kappa shape index (κ3) is 2.05. The SMILES string of the molecule is CC(c1ccnn1C)N1CCC(N)(C(=O)O)C1. The summed E-state index contributed by atoms with van der Waals surface area (Å²) in [5, 5.41) is 13.2. The smallest absolute Gasteiger partial charge is 0.325 e. The third-order valence-corrected chi connectivity index (χ3v) is 3.59. The van der Waals surface area contributed by atoms with Gasteiger partial charge in [0.05, 0.1) is 5.69 Å². The van der Waals surface area contributed by atoms with Crippen LogP contribution in [0.3, 0.4) is 0 Å². The van der Waals surface area contributed by atoms with Crippen LogP contribution in [0, 0.1) is 0 Å². The van der Waals surface area contributed by atoms with Crippen molar-refractivity contribution in [3.05, 3.63) is 18.0 Å². The van der Waals surface area contributed by atoms with Crippen LogP contribution in [0.4, 0.5) is 0 Å². The molecule has 1 aliphatic rings. The molecule has 17 heavy (non-hydrogen) atoms. The summed E-state index contributed by atoms with van der Waals surface area (Å²) in [4.78, 5) is 13.2. The first kappa shape index (κ1) is 12.1. The Morgan fingerprint density at radius 3 is 2.88 bits per heavy atom. The van der Waals surface area contributed by atoms with Crippen LogP contribution in [0.2, 0.25) is 0 Å². The fourth-order valence-electron chi connectivity index (χ4n) is 2.35. The summed E-state index contributed by atoms with van der Waals surface area (Å²) < 4.78 is 1.81. The maximum atomic E-state index is 11.1. The summed E-state index contributed by atoms with van der Waals surface area (Å²) in [5.74, 6) is -0.919. The minimum Gasteiger partial charge on any atom is -0.480 e. The van der Waals surface area contributed by atoms with Crippen molar-refractivity contribution in [1.82, 2.24) is 14.7 Å². The molecule has 2 rings (SSSR count). The minimum atomic E-state index is -1.10. The van der Waals surface area contributed by atoms with E-state index in [-0.39, 0.29) is 6.04 Å². The number of carboxylic acids is 1. The number of aromatic nitrogens is 2. The van der Waals surface area contributed by atoms with Crippen LogP contribution in [-0.4, -0.2) is 44.4 Å². The number of hydrogen-bond donors (Lipinski definition) is 2. The number of carboxylic acid groups (broad SMARTS) is 1. The van der Waals surface area contributed by atoms with E-state index >= 15 is 0 Å². The molecule has 0 radical (unpaired) electrons. The quantitative estimate of drug-likeness (QED) is 0.772. The molecule has 0 aliphatic carbocycles.